The van der Waals surface area contributed by atoms with Crippen LogP contribution in [0.3, 0.4) is 0 Å². The average Bonchev–Trinajstić information content (AvgIpc) is 3.68. The fourth-order valence-electron chi connectivity index (χ4n) is 8.24. The first-order valence-corrected chi connectivity index (χ1v) is 23.8. The number of ether oxygens (including phenoxy) is 4. The van der Waals surface area contributed by atoms with Crippen molar-refractivity contribution in [3.63, 3.8) is 0 Å². The van der Waals surface area contributed by atoms with E-state index >= 15 is 4.39 Å². The zero-order chi connectivity index (χ0) is 38.6. The van der Waals surface area contributed by atoms with Crippen LogP contribution in [0.5, 0.6) is 11.5 Å². The fraction of sp³-hybridized carbons (Fsp3) is 0.488. The molecule has 13 heteroatoms. The molecule has 1 aliphatic carbocycles. The van der Waals surface area contributed by atoms with Gasteiger partial charge in [-0.25, -0.2) is 9.37 Å². The zero-order valence-electron chi connectivity index (χ0n) is 32.8. The molecule has 0 radical (unpaired) electrons. The predicted octanol–water partition coefficient (Wildman–Crippen LogP) is 8.31. The van der Waals surface area contributed by atoms with E-state index in [4.69, 9.17) is 29.0 Å². The van der Waals surface area contributed by atoms with Crippen molar-refractivity contribution < 1.29 is 23.3 Å². The van der Waals surface area contributed by atoms with E-state index in [1.807, 2.05) is 18.2 Å². The predicted molar refractivity (Wildman–Crippen MR) is 213 cm³/mol. The highest BCUT2D eigenvalue weighted by Gasteiger charge is 2.43. The number of fused-ring (bicyclic) bond motifs is 2. The second kappa shape index (κ2) is 14.7. The van der Waals surface area contributed by atoms with Gasteiger partial charge >= 0.3 is 0 Å². The fourth-order valence-corrected chi connectivity index (χ4v) is 9.00. The van der Waals surface area contributed by atoms with Gasteiger partial charge in [-0.2, -0.15) is 5.26 Å². The van der Waals surface area contributed by atoms with Gasteiger partial charge in [0, 0.05) is 45.3 Å². The summed E-state index contributed by atoms with van der Waals surface area (Å²) in [5.74, 6) is 3.07. The number of rotatable bonds is 13. The van der Waals surface area contributed by atoms with Crippen molar-refractivity contribution in [1.29, 1.82) is 5.26 Å². The number of benzene rings is 3. The van der Waals surface area contributed by atoms with E-state index in [0.29, 0.717) is 24.1 Å². The van der Waals surface area contributed by atoms with Gasteiger partial charge in [0.2, 0.25) is 0 Å². The van der Waals surface area contributed by atoms with E-state index < -0.39 is 19.7 Å². The molecule has 11 nitrogen and oxygen atoms in total. The number of hydrogen-bond acceptors (Lipinski definition) is 9. The summed E-state index contributed by atoms with van der Waals surface area (Å²) >= 11 is 0. The van der Waals surface area contributed by atoms with Crippen molar-refractivity contribution >= 4 is 19.1 Å². The van der Waals surface area contributed by atoms with E-state index in [1.54, 1.807) is 19.1 Å². The van der Waals surface area contributed by atoms with Gasteiger partial charge in [0.15, 0.2) is 17.3 Å². The van der Waals surface area contributed by atoms with Gasteiger partial charge in [-0.1, -0.05) is 31.8 Å². The van der Waals surface area contributed by atoms with Crippen molar-refractivity contribution in [3.05, 3.63) is 88.8 Å². The summed E-state index contributed by atoms with van der Waals surface area (Å²) in [6.45, 7) is 14.2. The molecule has 3 aromatic carbocycles. The highest BCUT2D eigenvalue weighted by atomic mass is 28.3. The Morgan fingerprint density at radius 2 is 1.79 bits per heavy atom. The molecule has 0 N–H and O–H groups in total. The minimum Gasteiger partial charge on any atom is -0.444 e. The van der Waals surface area contributed by atoms with Crippen LogP contribution in [0.4, 0.5) is 4.39 Å². The first-order chi connectivity index (χ1) is 27.0. The monoisotopic (exact) mass is 775 g/mol. The van der Waals surface area contributed by atoms with Gasteiger partial charge < -0.3 is 23.5 Å². The molecule has 0 spiro atoms. The average molecular weight is 776 g/mol. The van der Waals surface area contributed by atoms with Crippen molar-refractivity contribution in [1.82, 2.24) is 29.2 Å². The van der Waals surface area contributed by atoms with Gasteiger partial charge in [-0.3, -0.25) is 9.47 Å². The topological polar surface area (TPSA) is 112 Å². The molecule has 4 aliphatic rings. The van der Waals surface area contributed by atoms with Crippen LogP contribution in [-0.4, -0.2) is 69.7 Å². The molecule has 1 unspecified atom stereocenters. The van der Waals surface area contributed by atoms with Crippen LogP contribution in [0, 0.1) is 17.1 Å². The van der Waals surface area contributed by atoms with E-state index in [1.165, 1.54) is 6.07 Å². The van der Waals surface area contributed by atoms with Crippen LogP contribution in [0.2, 0.25) is 25.7 Å². The molecule has 0 bridgehead atoms. The second-order valence-electron chi connectivity index (χ2n) is 17.2. The Hall–Kier alpha value is -4.61. The Balaban J connectivity index is 0.919. The van der Waals surface area contributed by atoms with Crippen LogP contribution >= 0.6 is 0 Å². The van der Waals surface area contributed by atoms with Crippen molar-refractivity contribution in [3.8, 4) is 29.0 Å². The number of likely N-dealkylation sites (tertiary alicyclic amines) is 1. The van der Waals surface area contributed by atoms with Crippen molar-refractivity contribution in [2.75, 3.05) is 26.3 Å². The van der Waals surface area contributed by atoms with Crippen molar-refractivity contribution in [2.45, 2.75) is 108 Å². The van der Waals surface area contributed by atoms with Crippen LogP contribution < -0.4 is 9.47 Å². The summed E-state index contributed by atoms with van der Waals surface area (Å²) in [5.41, 5.74) is 4.66. The molecule has 0 amide bonds. The first kappa shape index (κ1) is 37.0. The molecule has 5 heterocycles. The Labute approximate surface area is 328 Å². The van der Waals surface area contributed by atoms with Gasteiger partial charge in [-0.15, -0.1) is 10.2 Å². The van der Waals surface area contributed by atoms with E-state index in [9.17, 15) is 5.26 Å². The summed E-state index contributed by atoms with van der Waals surface area (Å²) in [6, 6.07) is 20.0. The maximum absolute atomic E-state index is 15.1. The number of nitriles is 1. The standard InChI is InChI=1S/C43H50FN7O4Si/c1-43(34-12-8-28(24-45)22-35(34)44)54-38-7-5-6-33(40(38)55-43)29-14-17-49(18-15-29)26-39-46-36-23-31(11-13-37(36)50(39)25-32-16-19-53-32)42-48-47-41(30-9-10-30)51(42)27-52-20-21-56(2,3)4/h5-8,11-13,22-23,29-30,32H,9-10,14-21,25-27H2,1-4H3/t32-,43?/m0/s1. The van der Waals surface area contributed by atoms with Crippen LogP contribution in [0.25, 0.3) is 22.4 Å². The maximum atomic E-state index is 15.1. The number of nitrogens with zero attached hydrogens (tertiary/aromatic N) is 7. The Morgan fingerprint density at radius 1 is 0.964 bits per heavy atom. The third kappa shape index (κ3) is 7.35. The summed E-state index contributed by atoms with van der Waals surface area (Å²) in [6.07, 6.45) is 5.43. The largest absolute Gasteiger partial charge is 0.444 e. The molecule has 3 fully saturated rings. The summed E-state index contributed by atoms with van der Waals surface area (Å²) < 4.78 is 44.5. The van der Waals surface area contributed by atoms with Gasteiger partial charge in [0.1, 0.15) is 24.2 Å². The number of hydrogen-bond donors (Lipinski definition) is 0. The Bertz CT molecular complexity index is 2300. The molecular formula is C43H50FN7O4Si. The van der Waals surface area contributed by atoms with Gasteiger partial charge in [0.05, 0.1) is 47.4 Å². The van der Waals surface area contributed by atoms with Gasteiger partial charge in [-0.05, 0) is 99.6 Å². The SMILES string of the molecule is CC1(c2ccc(C#N)cc2F)Oc2cccc(C3CCN(Cc4nc5cc(-c6nnc(C7CC7)n6COCC[Si](C)(C)C)ccc5n4C[C@@H]4CCO4)CC3)c2O1. The minimum absolute atomic E-state index is 0.194. The molecule has 56 heavy (non-hydrogen) atoms. The molecule has 2 saturated heterocycles. The summed E-state index contributed by atoms with van der Waals surface area (Å²) in [5, 5.41) is 18.6. The number of aromatic nitrogens is 5. The molecule has 9 rings (SSSR count). The van der Waals surface area contributed by atoms with Crippen molar-refractivity contribution in [2.24, 2.45) is 0 Å². The number of imidazole rings is 1. The Morgan fingerprint density at radius 3 is 2.50 bits per heavy atom. The second-order valence-corrected chi connectivity index (χ2v) is 22.9. The maximum Gasteiger partial charge on any atom is 0.278 e. The minimum atomic E-state index is -1.32. The zero-order valence-corrected chi connectivity index (χ0v) is 33.8. The van der Waals surface area contributed by atoms with Gasteiger partial charge in [0.25, 0.3) is 5.79 Å². The van der Waals surface area contributed by atoms with E-state index in [-0.39, 0.29) is 23.1 Å². The van der Waals surface area contributed by atoms with Crippen LogP contribution in [0.15, 0.2) is 54.6 Å². The molecule has 292 valence electrons. The quantitative estimate of drug-likeness (QED) is 0.0861. The summed E-state index contributed by atoms with van der Waals surface area (Å²) in [7, 11) is -1.20. The first-order valence-electron chi connectivity index (χ1n) is 20.1. The van der Waals surface area contributed by atoms with Crippen LogP contribution in [-0.2, 0) is 35.1 Å². The molecule has 1 saturated carbocycles. The Kier molecular flexibility index (Phi) is 9.72. The lowest BCUT2D eigenvalue weighted by Gasteiger charge is -2.33. The molecule has 2 atom stereocenters. The highest BCUT2D eigenvalue weighted by Crippen LogP contribution is 2.50. The smallest absolute Gasteiger partial charge is 0.278 e. The number of halogens is 1. The highest BCUT2D eigenvalue weighted by molar-refractivity contribution is 6.76. The van der Waals surface area contributed by atoms with Crippen LogP contribution in [0.1, 0.15) is 79.2 Å². The lowest BCUT2D eigenvalue weighted by molar-refractivity contribution is -0.0712. The molecular weight excluding hydrogens is 726 g/mol. The number of piperidine rings is 1. The normalized spacial score (nSPS) is 21.4. The lowest BCUT2D eigenvalue weighted by atomic mass is 9.88. The number of para-hydroxylation sites is 1. The lowest BCUT2D eigenvalue weighted by Crippen LogP contribution is -2.35. The van der Waals surface area contributed by atoms with E-state index in [2.05, 4.69) is 63.0 Å². The summed E-state index contributed by atoms with van der Waals surface area (Å²) in [4.78, 5) is 7.76. The molecule has 2 aromatic heterocycles. The third-order valence-corrected chi connectivity index (χ3v) is 13.5. The van der Waals surface area contributed by atoms with E-state index in [0.717, 1.165) is 117 Å². The third-order valence-electron chi connectivity index (χ3n) is 11.8. The molecule has 3 aliphatic heterocycles. The molecule has 5 aromatic rings.